The number of amides is 1. The van der Waals surface area contributed by atoms with Crippen molar-refractivity contribution in [1.82, 2.24) is 10.3 Å². The van der Waals surface area contributed by atoms with Crippen LogP contribution in [0.25, 0.3) is 0 Å². The molecule has 37 heavy (non-hydrogen) atoms. The second-order valence-electron chi connectivity index (χ2n) is 9.46. The van der Waals surface area contributed by atoms with Crippen molar-refractivity contribution < 1.29 is 33.3 Å². The summed E-state index contributed by atoms with van der Waals surface area (Å²) in [6.45, 7) is 4.66. The molecule has 198 valence electrons. The second kappa shape index (κ2) is 12.8. The van der Waals surface area contributed by atoms with Gasteiger partial charge in [-0.15, -0.1) is 0 Å². The molecular formula is C26H32N4O7. The first-order valence-electron chi connectivity index (χ1n) is 11.9. The molecule has 0 aliphatic carbocycles. The highest BCUT2D eigenvalue weighted by Crippen LogP contribution is 2.32. The average molecular weight is 513 g/mol. The standard InChI is InChI=1S/C26H32N4O7/c1-26(2,3)24(32)35-16-36-25(33)30-23(28-15-27)20-11-10-19(29-20)21-12-9-18(37-21)14-34-22(31)13-17-7-5-4-6-8-17/h4-8,10-11,15,18,21,29H,9,12-14,16H2,1-3H3,(H2,27,28,30,33)/t18-,21+/m0/s1. The predicted molar refractivity (Wildman–Crippen MR) is 134 cm³/mol. The van der Waals surface area contributed by atoms with Gasteiger partial charge in [-0.3, -0.25) is 20.3 Å². The van der Waals surface area contributed by atoms with Crippen molar-refractivity contribution in [3.63, 3.8) is 0 Å². The van der Waals surface area contributed by atoms with Gasteiger partial charge >= 0.3 is 18.0 Å². The Kier molecular flexibility index (Phi) is 9.56. The van der Waals surface area contributed by atoms with Crippen LogP contribution in [0.5, 0.6) is 0 Å². The van der Waals surface area contributed by atoms with E-state index >= 15 is 0 Å². The first kappa shape index (κ1) is 27.6. The Morgan fingerprint density at radius 1 is 1.11 bits per heavy atom. The molecule has 2 heterocycles. The summed E-state index contributed by atoms with van der Waals surface area (Å²) in [7, 11) is 0. The number of alkyl carbamates (subject to hydrolysis) is 1. The summed E-state index contributed by atoms with van der Waals surface area (Å²) in [5, 5.41) is 9.72. The van der Waals surface area contributed by atoms with Crippen molar-refractivity contribution >= 4 is 30.2 Å². The van der Waals surface area contributed by atoms with E-state index < -0.39 is 24.3 Å². The Morgan fingerprint density at radius 2 is 1.86 bits per heavy atom. The van der Waals surface area contributed by atoms with E-state index in [1.165, 1.54) is 0 Å². The number of amidine groups is 1. The van der Waals surface area contributed by atoms with Crippen LogP contribution in [0.3, 0.4) is 0 Å². The Hall–Kier alpha value is -3.99. The second-order valence-corrected chi connectivity index (χ2v) is 9.46. The topological polar surface area (TPSA) is 152 Å². The fourth-order valence-corrected chi connectivity index (χ4v) is 3.51. The van der Waals surface area contributed by atoms with E-state index in [1.54, 1.807) is 32.9 Å². The lowest BCUT2D eigenvalue weighted by atomic mass is 9.98. The first-order valence-corrected chi connectivity index (χ1v) is 11.9. The number of rotatable bonds is 9. The maximum Gasteiger partial charge on any atom is 0.415 e. The number of carbonyl (C=O) groups excluding carboxylic acids is 3. The lowest BCUT2D eigenvalue weighted by molar-refractivity contribution is -0.161. The molecule has 0 bridgehead atoms. The molecule has 3 rings (SSSR count). The molecule has 1 aliphatic heterocycles. The SMILES string of the molecule is CC(C)(C)C(=O)OCOC(=O)N/C(=N/C=N)c1ccc([C@H]2CC[C@@H](COC(=O)Cc3ccccc3)O2)[nH]1. The lowest BCUT2D eigenvalue weighted by Crippen LogP contribution is -2.33. The van der Waals surface area contributed by atoms with Gasteiger partial charge in [0.1, 0.15) is 12.9 Å². The summed E-state index contributed by atoms with van der Waals surface area (Å²) >= 11 is 0. The van der Waals surface area contributed by atoms with Crippen molar-refractivity contribution in [1.29, 1.82) is 5.41 Å². The van der Waals surface area contributed by atoms with Crippen LogP contribution in [0.15, 0.2) is 47.5 Å². The van der Waals surface area contributed by atoms with Crippen molar-refractivity contribution in [3.8, 4) is 0 Å². The van der Waals surface area contributed by atoms with Gasteiger partial charge in [0.2, 0.25) is 6.79 Å². The number of esters is 2. The molecule has 1 fully saturated rings. The number of aromatic nitrogens is 1. The van der Waals surface area contributed by atoms with Crippen molar-refractivity contribution in [2.24, 2.45) is 10.4 Å². The van der Waals surface area contributed by atoms with Crippen LogP contribution in [-0.4, -0.2) is 54.7 Å². The molecule has 0 saturated carbocycles. The Morgan fingerprint density at radius 3 is 2.57 bits per heavy atom. The number of hydrogen-bond donors (Lipinski definition) is 3. The molecule has 2 aromatic rings. The van der Waals surface area contributed by atoms with E-state index in [0.717, 1.165) is 24.0 Å². The molecule has 1 aromatic heterocycles. The quantitative estimate of drug-likeness (QED) is 0.201. The van der Waals surface area contributed by atoms with E-state index in [4.69, 9.17) is 24.4 Å². The van der Waals surface area contributed by atoms with Crippen molar-refractivity contribution in [2.75, 3.05) is 13.4 Å². The molecule has 0 spiro atoms. The molecule has 1 aliphatic rings. The van der Waals surface area contributed by atoms with Gasteiger partial charge in [0.25, 0.3) is 0 Å². The Balaban J connectivity index is 1.47. The van der Waals surface area contributed by atoms with Crippen molar-refractivity contribution in [2.45, 2.75) is 52.2 Å². The molecule has 11 nitrogen and oxygen atoms in total. The largest absolute Gasteiger partial charge is 0.463 e. The van der Waals surface area contributed by atoms with E-state index in [-0.39, 0.29) is 37.0 Å². The molecule has 2 atom stereocenters. The van der Waals surface area contributed by atoms with E-state index in [0.29, 0.717) is 12.1 Å². The minimum absolute atomic E-state index is 0.0535. The van der Waals surface area contributed by atoms with Crippen LogP contribution in [0.1, 0.15) is 56.7 Å². The highest BCUT2D eigenvalue weighted by atomic mass is 16.7. The third kappa shape index (κ3) is 8.57. The number of H-pyrrole nitrogens is 1. The fourth-order valence-electron chi connectivity index (χ4n) is 3.51. The zero-order valence-electron chi connectivity index (χ0n) is 21.1. The number of ether oxygens (including phenoxy) is 4. The maximum atomic E-state index is 12.1. The molecule has 1 amide bonds. The number of nitrogens with zero attached hydrogens (tertiary/aromatic N) is 1. The fraction of sp³-hybridized carbons (Fsp3) is 0.423. The van der Waals surface area contributed by atoms with Crippen LogP contribution in [0.4, 0.5) is 4.79 Å². The summed E-state index contributed by atoms with van der Waals surface area (Å²) in [4.78, 5) is 43.0. The molecular weight excluding hydrogens is 480 g/mol. The normalized spacial score (nSPS) is 17.6. The molecule has 0 unspecified atom stereocenters. The monoisotopic (exact) mass is 512 g/mol. The van der Waals surface area contributed by atoms with Gasteiger partial charge in [0, 0.05) is 5.69 Å². The molecule has 1 saturated heterocycles. The van der Waals surface area contributed by atoms with Gasteiger partial charge in [-0.1, -0.05) is 30.3 Å². The van der Waals surface area contributed by atoms with Gasteiger partial charge in [-0.05, 0) is 51.3 Å². The van der Waals surface area contributed by atoms with Crippen LogP contribution in [0.2, 0.25) is 0 Å². The van der Waals surface area contributed by atoms with Crippen LogP contribution < -0.4 is 5.32 Å². The number of aromatic amines is 1. The smallest absolute Gasteiger partial charge is 0.415 e. The molecule has 11 heteroatoms. The van der Waals surface area contributed by atoms with Gasteiger partial charge in [-0.25, -0.2) is 9.79 Å². The molecule has 3 N–H and O–H groups in total. The van der Waals surface area contributed by atoms with Gasteiger partial charge in [0.05, 0.1) is 29.7 Å². The highest BCUT2D eigenvalue weighted by Gasteiger charge is 2.29. The minimum atomic E-state index is -0.895. The lowest BCUT2D eigenvalue weighted by Gasteiger charge is -2.16. The van der Waals surface area contributed by atoms with E-state index in [2.05, 4.69) is 15.3 Å². The third-order valence-electron chi connectivity index (χ3n) is 5.45. The maximum absolute atomic E-state index is 12.1. The van der Waals surface area contributed by atoms with Crippen LogP contribution in [-0.2, 0) is 35.0 Å². The van der Waals surface area contributed by atoms with Crippen LogP contribution in [0, 0.1) is 10.8 Å². The summed E-state index contributed by atoms with van der Waals surface area (Å²) in [6, 6.07) is 12.9. The minimum Gasteiger partial charge on any atom is -0.463 e. The van der Waals surface area contributed by atoms with Crippen molar-refractivity contribution in [3.05, 3.63) is 59.4 Å². The number of aliphatic imine (C=N–C) groups is 1. The Labute approximate surface area is 215 Å². The van der Waals surface area contributed by atoms with Gasteiger partial charge < -0.3 is 23.9 Å². The molecule has 1 aromatic carbocycles. The Bertz CT molecular complexity index is 1120. The number of benzene rings is 1. The van der Waals surface area contributed by atoms with Gasteiger partial charge in [0.15, 0.2) is 5.84 Å². The van der Waals surface area contributed by atoms with E-state index in [1.807, 2.05) is 30.3 Å². The summed E-state index contributed by atoms with van der Waals surface area (Å²) < 4.78 is 21.2. The summed E-state index contributed by atoms with van der Waals surface area (Å²) in [5.41, 5.74) is 1.35. The number of carbonyl (C=O) groups is 3. The summed E-state index contributed by atoms with van der Waals surface area (Å²) in [5.74, 6) is -0.764. The number of hydrogen-bond acceptors (Lipinski definition) is 8. The zero-order valence-corrected chi connectivity index (χ0v) is 21.1. The van der Waals surface area contributed by atoms with Crippen LogP contribution >= 0.6 is 0 Å². The summed E-state index contributed by atoms with van der Waals surface area (Å²) in [6.07, 6.45) is 1.05. The van der Waals surface area contributed by atoms with Gasteiger partial charge in [-0.2, -0.15) is 0 Å². The zero-order chi connectivity index (χ0) is 26.8. The first-order chi connectivity index (χ1) is 17.7. The third-order valence-corrected chi connectivity index (χ3v) is 5.45. The predicted octanol–water partition coefficient (Wildman–Crippen LogP) is 3.65. The highest BCUT2D eigenvalue weighted by molar-refractivity contribution is 6.07. The number of nitrogens with one attached hydrogen (secondary N) is 3. The van der Waals surface area contributed by atoms with E-state index in [9.17, 15) is 14.4 Å². The average Bonchev–Trinajstić information content (AvgIpc) is 3.52. The molecule has 0 radical (unpaired) electrons.